The van der Waals surface area contributed by atoms with Crippen LogP contribution in [0.4, 0.5) is 4.39 Å². The third-order valence-corrected chi connectivity index (χ3v) is 3.99. The maximum Gasteiger partial charge on any atom is 0.128 e. The molecule has 1 saturated heterocycles. The molecule has 0 aromatic heterocycles. The molecule has 2 nitrogen and oxygen atoms in total. The first-order valence-electron chi connectivity index (χ1n) is 6.85. The van der Waals surface area contributed by atoms with Crippen molar-refractivity contribution in [3.8, 4) is 0 Å². The van der Waals surface area contributed by atoms with Crippen molar-refractivity contribution in [2.24, 2.45) is 5.73 Å². The van der Waals surface area contributed by atoms with Crippen LogP contribution in [-0.4, -0.2) is 24.0 Å². The van der Waals surface area contributed by atoms with Crippen LogP contribution in [0.15, 0.2) is 18.2 Å². The number of hydrogen-bond donors (Lipinski definition) is 1. The highest BCUT2D eigenvalue weighted by atomic mass is 19.1. The van der Waals surface area contributed by atoms with Crippen molar-refractivity contribution in [1.82, 2.24) is 4.90 Å². The molecule has 0 saturated carbocycles. The van der Waals surface area contributed by atoms with Crippen molar-refractivity contribution >= 4 is 0 Å². The molecule has 2 unspecified atom stereocenters. The van der Waals surface area contributed by atoms with E-state index in [0.29, 0.717) is 12.6 Å². The number of benzene rings is 1. The molecule has 1 aliphatic rings. The van der Waals surface area contributed by atoms with Crippen molar-refractivity contribution in [3.63, 3.8) is 0 Å². The SMILES string of the molecule is Cc1ccc(F)c(C(CN)N2CCCCC2C)c1. The van der Waals surface area contributed by atoms with Crippen molar-refractivity contribution in [2.45, 2.75) is 45.2 Å². The minimum atomic E-state index is -0.131. The Morgan fingerprint density at radius 1 is 1.44 bits per heavy atom. The van der Waals surface area contributed by atoms with Gasteiger partial charge in [-0.3, -0.25) is 4.90 Å². The molecule has 0 spiro atoms. The summed E-state index contributed by atoms with van der Waals surface area (Å²) >= 11 is 0. The summed E-state index contributed by atoms with van der Waals surface area (Å²) in [6, 6.07) is 5.81. The molecule has 1 fully saturated rings. The average molecular weight is 250 g/mol. The lowest BCUT2D eigenvalue weighted by Crippen LogP contribution is -2.43. The van der Waals surface area contributed by atoms with E-state index < -0.39 is 0 Å². The van der Waals surface area contributed by atoms with Crippen molar-refractivity contribution in [2.75, 3.05) is 13.1 Å². The van der Waals surface area contributed by atoms with Crippen molar-refractivity contribution in [1.29, 1.82) is 0 Å². The number of piperidine rings is 1. The van der Waals surface area contributed by atoms with Gasteiger partial charge in [0.1, 0.15) is 5.82 Å². The van der Waals surface area contributed by atoms with Gasteiger partial charge in [0.15, 0.2) is 0 Å². The Kier molecular flexibility index (Phi) is 4.36. The summed E-state index contributed by atoms with van der Waals surface area (Å²) in [6.07, 6.45) is 3.64. The minimum absolute atomic E-state index is 0.0141. The first kappa shape index (κ1) is 13.5. The fourth-order valence-electron chi connectivity index (χ4n) is 2.94. The summed E-state index contributed by atoms with van der Waals surface area (Å²) in [5.74, 6) is -0.131. The van der Waals surface area contributed by atoms with E-state index in [4.69, 9.17) is 5.73 Å². The molecule has 100 valence electrons. The third-order valence-electron chi connectivity index (χ3n) is 3.99. The van der Waals surface area contributed by atoms with Crippen LogP contribution in [0.25, 0.3) is 0 Å². The van der Waals surface area contributed by atoms with Gasteiger partial charge in [-0.05, 0) is 39.3 Å². The zero-order valence-corrected chi connectivity index (χ0v) is 11.3. The Labute approximate surface area is 109 Å². The van der Waals surface area contributed by atoms with E-state index in [-0.39, 0.29) is 11.9 Å². The number of hydrogen-bond acceptors (Lipinski definition) is 2. The second-order valence-electron chi connectivity index (χ2n) is 5.36. The number of nitrogens with zero attached hydrogens (tertiary/aromatic N) is 1. The first-order valence-corrected chi connectivity index (χ1v) is 6.85. The number of halogens is 1. The molecular weight excluding hydrogens is 227 g/mol. The topological polar surface area (TPSA) is 29.3 Å². The second kappa shape index (κ2) is 5.81. The lowest BCUT2D eigenvalue weighted by atomic mass is 9.96. The van der Waals surface area contributed by atoms with Crippen LogP contribution in [0, 0.1) is 12.7 Å². The van der Waals surface area contributed by atoms with Crippen molar-refractivity contribution in [3.05, 3.63) is 35.1 Å². The predicted molar refractivity (Wildman–Crippen MR) is 73.0 cm³/mol. The number of rotatable bonds is 3. The lowest BCUT2D eigenvalue weighted by Gasteiger charge is -2.39. The Morgan fingerprint density at radius 2 is 2.22 bits per heavy atom. The predicted octanol–water partition coefficient (Wildman–Crippen LogP) is 3.01. The summed E-state index contributed by atoms with van der Waals surface area (Å²) in [7, 11) is 0. The van der Waals surface area contributed by atoms with Gasteiger partial charge in [0.25, 0.3) is 0 Å². The average Bonchev–Trinajstić information content (AvgIpc) is 2.36. The molecule has 1 aromatic carbocycles. The van der Waals surface area contributed by atoms with Crippen molar-refractivity contribution < 1.29 is 4.39 Å². The molecule has 18 heavy (non-hydrogen) atoms. The van der Waals surface area contributed by atoms with E-state index >= 15 is 0 Å². The zero-order chi connectivity index (χ0) is 13.1. The van der Waals surface area contributed by atoms with E-state index in [9.17, 15) is 4.39 Å². The lowest BCUT2D eigenvalue weighted by molar-refractivity contribution is 0.107. The van der Waals surface area contributed by atoms with Gasteiger partial charge in [-0.1, -0.05) is 24.1 Å². The quantitative estimate of drug-likeness (QED) is 0.893. The maximum atomic E-state index is 14.0. The van der Waals surface area contributed by atoms with Gasteiger partial charge in [-0.2, -0.15) is 0 Å². The van der Waals surface area contributed by atoms with E-state index in [1.165, 1.54) is 19.3 Å². The van der Waals surface area contributed by atoms with Crippen LogP contribution >= 0.6 is 0 Å². The minimum Gasteiger partial charge on any atom is -0.329 e. The Balaban J connectivity index is 2.29. The molecule has 2 N–H and O–H groups in total. The molecule has 1 aromatic rings. The summed E-state index contributed by atoms with van der Waals surface area (Å²) in [5, 5.41) is 0. The molecule has 1 aliphatic heterocycles. The second-order valence-corrected chi connectivity index (χ2v) is 5.36. The molecule has 2 rings (SSSR count). The maximum absolute atomic E-state index is 14.0. The highest BCUT2D eigenvalue weighted by Crippen LogP contribution is 2.29. The molecule has 0 radical (unpaired) electrons. The van der Waals surface area contributed by atoms with Gasteiger partial charge < -0.3 is 5.73 Å². The largest absolute Gasteiger partial charge is 0.329 e. The van der Waals surface area contributed by atoms with Gasteiger partial charge in [-0.15, -0.1) is 0 Å². The third kappa shape index (κ3) is 2.73. The van der Waals surface area contributed by atoms with Gasteiger partial charge in [0.2, 0.25) is 0 Å². The summed E-state index contributed by atoms with van der Waals surface area (Å²) < 4.78 is 14.0. The van der Waals surface area contributed by atoms with Gasteiger partial charge >= 0.3 is 0 Å². The molecule has 2 atom stereocenters. The highest BCUT2D eigenvalue weighted by Gasteiger charge is 2.27. The highest BCUT2D eigenvalue weighted by molar-refractivity contribution is 5.27. The first-order chi connectivity index (χ1) is 8.63. The zero-order valence-electron chi connectivity index (χ0n) is 11.3. The van der Waals surface area contributed by atoms with Crippen LogP contribution in [0.3, 0.4) is 0 Å². The van der Waals surface area contributed by atoms with Crippen LogP contribution in [0.5, 0.6) is 0 Å². The van der Waals surface area contributed by atoms with Crippen LogP contribution in [0.1, 0.15) is 43.4 Å². The van der Waals surface area contributed by atoms with Gasteiger partial charge in [0.05, 0.1) is 6.04 Å². The van der Waals surface area contributed by atoms with Crippen LogP contribution in [0.2, 0.25) is 0 Å². The van der Waals surface area contributed by atoms with E-state index in [2.05, 4.69) is 11.8 Å². The Morgan fingerprint density at radius 3 is 2.89 bits per heavy atom. The van der Waals surface area contributed by atoms with Gasteiger partial charge in [0, 0.05) is 18.2 Å². The van der Waals surface area contributed by atoms with E-state index in [1.807, 2.05) is 19.1 Å². The molecule has 0 bridgehead atoms. The number of likely N-dealkylation sites (tertiary alicyclic amines) is 1. The molecule has 0 amide bonds. The Bertz CT molecular complexity index is 405. The van der Waals surface area contributed by atoms with Gasteiger partial charge in [-0.25, -0.2) is 4.39 Å². The van der Waals surface area contributed by atoms with Crippen LogP contribution in [-0.2, 0) is 0 Å². The smallest absolute Gasteiger partial charge is 0.128 e. The monoisotopic (exact) mass is 250 g/mol. The fourth-order valence-corrected chi connectivity index (χ4v) is 2.94. The molecule has 0 aliphatic carbocycles. The van der Waals surface area contributed by atoms with E-state index in [1.54, 1.807) is 6.07 Å². The standard InChI is InChI=1S/C15H23FN2/c1-11-6-7-14(16)13(9-11)15(10-17)18-8-4-3-5-12(18)2/h6-7,9,12,15H,3-5,8,10,17H2,1-2H3. The Hall–Kier alpha value is -0.930. The number of nitrogens with two attached hydrogens (primary N) is 1. The van der Waals surface area contributed by atoms with E-state index in [0.717, 1.165) is 17.7 Å². The number of aryl methyl sites for hydroxylation is 1. The molecule has 1 heterocycles. The van der Waals surface area contributed by atoms with Crippen LogP contribution < -0.4 is 5.73 Å². The molecule has 3 heteroatoms. The summed E-state index contributed by atoms with van der Waals surface area (Å²) in [4.78, 5) is 2.36. The summed E-state index contributed by atoms with van der Waals surface area (Å²) in [6.45, 7) is 5.72. The normalized spacial score (nSPS) is 23.0. The summed E-state index contributed by atoms with van der Waals surface area (Å²) in [5.41, 5.74) is 7.76. The fraction of sp³-hybridized carbons (Fsp3) is 0.600. The molecular formula is C15H23FN2.